The first-order chi connectivity index (χ1) is 15.9. The number of nitrogens with zero attached hydrogens (tertiary/aromatic N) is 1. The smallest absolute Gasteiger partial charge is 0.410 e. The molecule has 1 amide bonds. The highest BCUT2D eigenvalue weighted by molar-refractivity contribution is 5.69. The zero-order chi connectivity index (χ0) is 25.0. The molecule has 4 atom stereocenters. The molecule has 1 fully saturated rings. The Kier molecular flexibility index (Phi) is 7.99. The lowest BCUT2D eigenvalue weighted by atomic mass is 9.95. The molecular formula is C25H32F2N2O5. The molecule has 2 aromatic rings. The van der Waals surface area contributed by atoms with Crippen LogP contribution in [0.4, 0.5) is 13.6 Å². The number of halogens is 2. The van der Waals surface area contributed by atoms with Crippen LogP contribution >= 0.6 is 0 Å². The van der Waals surface area contributed by atoms with E-state index >= 15 is 0 Å². The molecule has 2 aromatic carbocycles. The molecule has 0 aliphatic carbocycles. The zero-order valence-electron chi connectivity index (χ0n) is 19.8. The summed E-state index contributed by atoms with van der Waals surface area (Å²) in [6.45, 7) is 5.43. The third-order valence-corrected chi connectivity index (χ3v) is 5.50. The molecule has 0 aromatic heterocycles. The van der Waals surface area contributed by atoms with Gasteiger partial charge in [-0.15, -0.1) is 0 Å². The molecule has 0 saturated carbocycles. The maximum atomic E-state index is 13.6. The molecule has 186 valence electrons. The maximum absolute atomic E-state index is 13.6. The highest BCUT2D eigenvalue weighted by atomic mass is 19.1. The van der Waals surface area contributed by atoms with Crippen LogP contribution < -0.4 is 15.2 Å². The highest BCUT2D eigenvalue weighted by Crippen LogP contribution is 2.29. The lowest BCUT2D eigenvalue weighted by Gasteiger charge is -2.33. The number of carbonyl (C=O) groups is 1. The lowest BCUT2D eigenvalue weighted by Crippen LogP contribution is -2.52. The van der Waals surface area contributed by atoms with E-state index < -0.39 is 47.6 Å². The van der Waals surface area contributed by atoms with Crippen LogP contribution in [-0.4, -0.2) is 59.6 Å². The Morgan fingerprint density at radius 2 is 1.82 bits per heavy atom. The Bertz CT molecular complexity index is 977. The molecule has 0 bridgehead atoms. The van der Waals surface area contributed by atoms with Crippen LogP contribution in [0, 0.1) is 11.6 Å². The van der Waals surface area contributed by atoms with Crippen molar-refractivity contribution >= 4 is 6.09 Å². The highest BCUT2D eigenvalue weighted by Gasteiger charge is 2.44. The fourth-order valence-corrected chi connectivity index (χ4v) is 4.04. The van der Waals surface area contributed by atoms with E-state index in [1.165, 1.54) is 17.0 Å². The van der Waals surface area contributed by atoms with E-state index in [0.29, 0.717) is 23.5 Å². The molecular weight excluding hydrogens is 446 g/mol. The summed E-state index contributed by atoms with van der Waals surface area (Å²) in [4.78, 5) is 14.3. The maximum Gasteiger partial charge on any atom is 0.410 e. The average Bonchev–Trinajstić information content (AvgIpc) is 3.15. The number of nitrogens with two attached hydrogens (primary N) is 1. The van der Waals surface area contributed by atoms with Gasteiger partial charge >= 0.3 is 6.09 Å². The Morgan fingerprint density at radius 1 is 1.18 bits per heavy atom. The molecule has 1 saturated heterocycles. The van der Waals surface area contributed by atoms with Gasteiger partial charge in [-0.2, -0.15) is 0 Å². The molecule has 3 N–H and O–H groups in total. The summed E-state index contributed by atoms with van der Waals surface area (Å²) in [5.41, 5.74) is 5.80. The second-order valence-electron chi connectivity index (χ2n) is 9.49. The van der Waals surface area contributed by atoms with Crippen molar-refractivity contribution in [2.45, 2.75) is 63.5 Å². The van der Waals surface area contributed by atoms with Crippen molar-refractivity contribution in [3.8, 4) is 11.5 Å². The predicted molar refractivity (Wildman–Crippen MR) is 123 cm³/mol. The van der Waals surface area contributed by atoms with Crippen LogP contribution in [-0.2, 0) is 11.2 Å². The quantitative estimate of drug-likeness (QED) is 0.631. The van der Waals surface area contributed by atoms with Crippen molar-refractivity contribution in [3.05, 3.63) is 59.7 Å². The summed E-state index contributed by atoms with van der Waals surface area (Å²) in [6.07, 6.45) is -1.90. The predicted octanol–water partition coefficient (Wildman–Crippen LogP) is 3.66. The normalized spacial score (nSPS) is 20.1. The third kappa shape index (κ3) is 6.80. The number of methoxy groups -OCH3 is 1. The summed E-state index contributed by atoms with van der Waals surface area (Å²) < 4.78 is 44.0. The van der Waals surface area contributed by atoms with Crippen LogP contribution in [0.3, 0.4) is 0 Å². The third-order valence-electron chi connectivity index (χ3n) is 5.50. The molecule has 1 aliphatic heterocycles. The Hall–Kier alpha value is -2.91. The first-order valence-corrected chi connectivity index (χ1v) is 11.1. The number of aliphatic hydroxyl groups is 1. The molecule has 7 nitrogen and oxygen atoms in total. The second-order valence-corrected chi connectivity index (χ2v) is 9.49. The minimum Gasteiger partial charge on any atom is -0.497 e. The average molecular weight is 479 g/mol. The number of hydrogen-bond acceptors (Lipinski definition) is 6. The molecule has 0 spiro atoms. The van der Waals surface area contributed by atoms with Crippen LogP contribution in [0.25, 0.3) is 0 Å². The van der Waals surface area contributed by atoms with Gasteiger partial charge in [-0.05, 0) is 57.0 Å². The van der Waals surface area contributed by atoms with Crippen LogP contribution in [0.1, 0.15) is 32.8 Å². The lowest BCUT2D eigenvalue weighted by molar-refractivity contribution is 0.000598. The summed E-state index contributed by atoms with van der Waals surface area (Å²) in [5, 5.41) is 11.1. The minimum atomic E-state index is -1.18. The van der Waals surface area contributed by atoms with Crippen molar-refractivity contribution in [2.75, 3.05) is 13.7 Å². The van der Waals surface area contributed by atoms with Crippen LogP contribution in [0.5, 0.6) is 11.5 Å². The van der Waals surface area contributed by atoms with Crippen molar-refractivity contribution < 1.29 is 32.9 Å². The van der Waals surface area contributed by atoms with Crippen molar-refractivity contribution in [3.63, 3.8) is 0 Å². The van der Waals surface area contributed by atoms with E-state index in [1.54, 1.807) is 52.1 Å². The van der Waals surface area contributed by atoms with Gasteiger partial charge in [0.25, 0.3) is 0 Å². The molecule has 3 rings (SSSR count). The van der Waals surface area contributed by atoms with Crippen LogP contribution in [0.2, 0.25) is 0 Å². The number of amides is 1. The zero-order valence-corrected chi connectivity index (χ0v) is 19.8. The number of likely N-dealkylation sites (tertiary alicyclic amines) is 1. The number of rotatable bonds is 7. The Morgan fingerprint density at radius 3 is 2.44 bits per heavy atom. The first-order valence-electron chi connectivity index (χ1n) is 11.1. The fourth-order valence-electron chi connectivity index (χ4n) is 4.04. The monoisotopic (exact) mass is 478 g/mol. The van der Waals surface area contributed by atoms with Crippen molar-refractivity contribution in [1.82, 2.24) is 4.90 Å². The number of benzene rings is 2. The minimum absolute atomic E-state index is 0.0237. The van der Waals surface area contributed by atoms with Gasteiger partial charge in [-0.25, -0.2) is 13.6 Å². The fraction of sp³-hybridized carbons (Fsp3) is 0.480. The first kappa shape index (κ1) is 25.7. The van der Waals surface area contributed by atoms with E-state index in [2.05, 4.69) is 0 Å². The van der Waals surface area contributed by atoms with E-state index in [0.717, 1.165) is 6.07 Å². The second kappa shape index (κ2) is 10.6. The summed E-state index contributed by atoms with van der Waals surface area (Å²) in [6, 6.07) is 8.60. The van der Waals surface area contributed by atoms with Crippen molar-refractivity contribution in [1.29, 1.82) is 0 Å². The van der Waals surface area contributed by atoms with Gasteiger partial charge < -0.3 is 25.1 Å². The number of carbonyl (C=O) groups excluding carboxylic acids is 1. The summed E-state index contributed by atoms with van der Waals surface area (Å²) in [7, 11) is 1.55. The van der Waals surface area contributed by atoms with Gasteiger partial charge in [-0.3, -0.25) is 4.90 Å². The Labute approximate surface area is 198 Å². The SMILES string of the molecule is COc1cccc(OC2CC(C(O)C(N)Cc3cc(F)cc(F)c3)N(C(=O)OC(C)(C)C)C2)c1. The molecule has 0 radical (unpaired) electrons. The van der Waals surface area contributed by atoms with E-state index in [-0.39, 0.29) is 13.0 Å². The van der Waals surface area contributed by atoms with Crippen molar-refractivity contribution in [2.24, 2.45) is 5.73 Å². The number of hydrogen-bond donors (Lipinski definition) is 2. The van der Waals surface area contributed by atoms with Crippen LogP contribution in [0.15, 0.2) is 42.5 Å². The number of aliphatic hydroxyl groups excluding tert-OH is 1. The van der Waals surface area contributed by atoms with E-state index in [1.807, 2.05) is 0 Å². The topological polar surface area (TPSA) is 94.2 Å². The largest absolute Gasteiger partial charge is 0.497 e. The molecule has 1 heterocycles. The summed E-state index contributed by atoms with van der Waals surface area (Å²) >= 11 is 0. The van der Waals surface area contributed by atoms with Gasteiger partial charge in [-0.1, -0.05) is 6.07 Å². The molecule has 34 heavy (non-hydrogen) atoms. The van der Waals surface area contributed by atoms with E-state index in [4.69, 9.17) is 19.9 Å². The summed E-state index contributed by atoms with van der Waals surface area (Å²) in [5.74, 6) is -0.261. The van der Waals surface area contributed by atoms with E-state index in [9.17, 15) is 18.7 Å². The van der Waals surface area contributed by atoms with Gasteiger partial charge in [0, 0.05) is 24.6 Å². The van der Waals surface area contributed by atoms with Gasteiger partial charge in [0.2, 0.25) is 0 Å². The Balaban J connectivity index is 1.77. The van der Waals surface area contributed by atoms with Gasteiger partial charge in [0.1, 0.15) is 34.8 Å². The standard InChI is InChI=1S/C25H32F2N2O5/c1-25(2,3)34-24(31)29-14-20(33-19-7-5-6-18(12-19)32-4)13-22(29)23(30)21(28)10-15-8-16(26)11-17(27)9-15/h5-9,11-12,20-23,30H,10,13-14,28H2,1-4H3. The molecule has 1 aliphatic rings. The molecule has 4 unspecified atom stereocenters. The molecule has 9 heteroatoms. The van der Waals surface area contributed by atoms with Gasteiger partial charge in [0.15, 0.2) is 0 Å². The van der Waals surface area contributed by atoms with Gasteiger partial charge in [0.05, 0.1) is 25.8 Å². The number of ether oxygens (including phenoxy) is 3.